The minimum Gasteiger partial charge on any atom is -0.444 e. The molecule has 1 amide bonds. The molecule has 0 unspecified atom stereocenters. The van der Waals surface area contributed by atoms with Gasteiger partial charge in [0.2, 0.25) is 16.0 Å². The molecule has 3 atom stereocenters. The Kier molecular flexibility index (Phi) is 6.85. The molecule has 30 heavy (non-hydrogen) atoms. The van der Waals surface area contributed by atoms with E-state index in [0.717, 1.165) is 12.0 Å². The topological polar surface area (TPSA) is 146 Å². The highest BCUT2D eigenvalue weighted by Gasteiger charge is 2.30. The maximum Gasteiger partial charge on any atom is 0.407 e. The summed E-state index contributed by atoms with van der Waals surface area (Å²) in [6, 6.07) is 6.00. The SMILES string of the molecule is CC[C@H](C)NC(=O)O[C@H]1CO[C@@H](c2cnc(Nc3ccc(S(N)(=O)=O)cc3)nc2)C1. The largest absolute Gasteiger partial charge is 0.444 e. The monoisotopic (exact) mass is 435 g/mol. The van der Waals surface area contributed by atoms with Gasteiger partial charge < -0.3 is 20.1 Å². The highest BCUT2D eigenvalue weighted by atomic mass is 32.2. The first-order valence-electron chi connectivity index (χ1n) is 9.55. The Hall–Kier alpha value is -2.76. The van der Waals surface area contributed by atoms with Gasteiger partial charge in [0.05, 0.1) is 17.6 Å². The van der Waals surface area contributed by atoms with Crippen molar-refractivity contribution >= 4 is 27.8 Å². The smallest absolute Gasteiger partial charge is 0.407 e. The molecule has 162 valence electrons. The lowest BCUT2D eigenvalue weighted by Crippen LogP contribution is -2.35. The molecule has 0 spiro atoms. The Morgan fingerprint density at radius 2 is 1.97 bits per heavy atom. The van der Waals surface area contributed by atoms with Crippen molar-refractivity contribution in [2.24, 2.45) is 5.14 Å². The van der Waals surface area contributed by atoms with Gasteiger partial charge in [-0.15, -0.1) is 0 Å². The van der Waals surface area contributed by atoms with Crippen LogP contribution in [0.5, 0.6) is 0 Å². The number of carbonyl (C=O) groups excluding carboxylic acids is 1. The number of ether oxygens (including phenoxy) is 2. The van der Waals surface area contributed by atoms with Crippen LogP contribution >= 0.6 is 0 Å². The van der Waals surface area contributed by atoms with Crippen LogP contribution in [0.1, 0.15) is 38.4 Å². The Morgan fingerprint density at radius 1 is 1.30 bits per heavy atom. The third-order valence-corrected chi connectivity index (χ3v) is 5.62. The van der Waals surface area contributed by atoms with Crippen LogP contribution in [0.3, 0.4) is 0 Å². The number of alkyl carbamates (subject to hydrolysis) is 1. The van der Waals surface area contributed by atoms with Crippen molar-refractivity contribution in [2.75, 3.05) is 11.9 Å². The number of aromatic nitrogens is 2. The molecule has 1 aliphatic heterocycles. The molecule has 1 saturated heterocycles. The number of hydrogen-bond donors (Lipinski definition) is 3. The summed E-state index contributed by atoms with van der Waals surface area (Å²) in [5.74, 6) is 0.348. The van der Waals surface area contributed by atoms with E-state index in [0.29, 0.717) is 24.7 Å². The normalized spacial score (nSPS) is 19.8. The summed E-state index contributed by atoms with van der Waals surface area (Å²) in [6.07, 6.45) is 3.61. The molecule has 2 aromatic rings. The number of hydrogen-bond acceptors (Lipinski definition) is 8. The second-order valence-electron chi connectivity index (χ2n) is 7.07. The zero-order valence-corrected chi connectivity index (χ0v) is 17.6. The minimum absolute atomic E-state index is 0.0253. The molecule has 1 aliphatic rings. The average molecular weight is 436 g/mol. The predicted octanol–water partition coefficient (Wildman–Crippen LogP) is 2.22. The van der Waals surface area contributed by atoms with E-state index in [1.54, 1.807) is 24.5 Å². The fraction of sp³-hybridized carbons (Fsp3) is 0.421. The third kappa shape index (κ3) is 5.88. The van der Waals surface area contributed by atoms with E-state index in [1.807, 2.05) is 13.8 Å². The highest BCUT2D eigenvalue weighted by Crippen LogP contribution is 2.30. The van der Waals surface area contributed by atoms with E-state index < -0.39 is 16.1 Å². The van der Waals surface area contributed by atoms with Gasteiger partial charge in [0.1, 0.15) is 6.10 Å². The van der Waals surface area contributed by atoms with Crippen LogP contribution in [-0.2, 0) is 19.5 Å². The second-order valence-corrected chi connectivity index (χ2v) is 8.63. The molecular weight excluding hydrogens is 410 g/mol. The van der Waals surface area contributed by atoms with E-state index >= 15 is 0 Å². The van der Waals surface area contributed by atoms with Crippen LogP contribution in [0.25, 0.3) is 0 Å². The van der Waals surface area contributed by atoms with E-state index in [2.05, 4.69) is 20.6 Å². The first kappa shape index (κ1) is 21.9. The van der Waals surface area contributed by atoms with Crippen LogP contribution in [0.15, 0.2) is 41.6 Å². The van der Waals surface area contributed by atoms with Gasteiger partial charge in [-0.05, 0) is 37.6 Å². The lowest BCUT2D eigenvalue weighted by Gasteiger charge is -2.15. The summed E-state index contributed by atoms with van der Waals surface area (Å²) in [5, 5.41) is 10.8. The zero-order chi connectivity index (χ0) is 21.7. The molecule has 11 heteroatoms. The van der Waals surface area contributed by atoms with E-state index in [1.165, 1.54) is 12.1 Å². The molecule has 3 rings (SSSR count). The molecule has 0 bridgehead atoms. The first-order chi connectivity index (χ1) is 14.2. The molecule has 0 aliphatic carbocycles. The van der Waals surface area contributed by atoms with Crippen molar-refractivity contribution in [3.05, 3.63) is 42.2 Å². The fourth-order valence-corrected chi connectivity index (χ4v) is 3.34. The summed E-state index contributed by atoms with van der Waals surface area (Å²) in [5.41, 5.74) is 1.40. The first-order valence-corrected chi connectivity index (χ1v) is 11.1. The molecule has 2 heterocycles. The maximum atomic E-state index is 11.8. The summed E-state index contributed by atoms with van der Waals surface area (Å²) in [7, 11) is -3.74. The summed E-state index contributed by atoms with van der Waals surface area (Å²) >= 11 is 0. The Labute approximate surface area is 175 Å². The van der Waals surface area contributed by atoms with Gasteiger partial charge in [0, 0.05) is 36.1 Å². The number of sulfonamides is 1. The lowest BCUT2D eigenvalue weighted by atomic mass is 10.1. The van der Waals surface area contributed by atoms with E-state index in [-0.39, 0.29) is 23.1 Å². The molecule has 1 aromatic carbocycles. The maximum absolute atomic E-state index is 11.8. The van der Waals surface area contributed by atoms with Crippen molar-refractivity contribution in [2.45, 2.75) is 49.8 Å². The Morgan fingerprint density at radius 3 is 2.57 bits per heavy atom. The molecule has 4 N–H and O–H groups in total. The number of carbonyl (C=O) groups is 1. The molecular formula is C19H25N5O5S. The molecule has 10 nitrogen and oxygen atoms in total. The third-order valence-electron chi connectivity index (χ3n) is 4.69. The van der Waals surface area contributed by atoms with Crippen molar-refractivity contribution in [3.8, 4) is 0 Å². The summed E-state index contributed by atoms with van der Waals surface area (Å²) in [4.78, 5) is 20.4. The number of nitrogens with zero attached hydrogens (tertiary/aromatic N) is 2. The molecule has 1 fully saturated rings. The van der Waals surface area contributed by atoms with Gasteiger partial charge >= 0.3 is 6.09 Å². The second kappa shape index (κ2) is 9.37. The number of rotatable bonds is 7. The van der Waals surface area contributed by atoms with Crippen LogP contribution in [-0.4, -0.2) is 43.2 Å². The zero-order valence-electron chi connectivity index (χ0n) is 16.7. The van der Waals surface area contributed by atoms with Crippen LogP contribution in [0, 0.1) is 0 Å². The molecule has 1 aromatic heterocycles. The quantitative estimate of drug-likeness (QED) is 0.600. The Bertz CT molecular complexity index is 966. The van der Waals surface area contributed by atoms with Crippen LogP contribution in [0.2, 0.25) is 0 Å². The van der Waals surface area contributed by atoms with Crippen molar-refractivity contribution in [1.82, 2.24) is 15.3 Å². The Balaban J connectivity index is 1.54. The number of benzene rings is 1. The number of nitrogens with two attached hydrogens (primary N) is 1. The van der Waals surface area contributed by atoms with Gasteiger partial charge in [-0.3, -0.25) is 0 Å². The predicted molar refractivity (Wildman–Crippen MR) is 110 cm³/mol. The van der Waals surface area contributed by atoms with Crippen molar-refractivity contribution in [1.29, 1.82) is 0 Å². The fourth-order valence-electron chi connectivity index (χ4n) is 2.83. The van der Waals surface area contributed by atoms with Gasteiger partial charge in [-0.1, -0.05) is 6.92 Å². The van der Waals surface area contributed by atoms with Gasteiger partial charge in [0.15, 0.2) is 0 Å². The number of amides is 1. The van der Waals surface area contributed by atoms with Crippen molar-refractivity contribution in [3.63, 3.8) is 0 Å². The molecule has 0 radical (unpaired) electrons. The summed E-state index contributed by atoms with van der Waals surface area (Å²) < 4.78 is 33.7. The average Bonchev–Trinajstić information content (AvgIpc) is 3.16. The van der Waals surface area contributed by atoms with Gasteiger partial charge in [0.25, 0.3) is 0 Å². The van der Waals surface area contributed by atoms with Crippen LogP contribution in [0.4, 0.5) is 16.4 Å². The number of nitrogens with one attached hydrogen (secondary N) is 2. The van der Waals surface area contributed by atoms with E-state index in [4.69, 9.17) is 14.6 Å². The molecule has 0 saturated carbocycles. The standard InChI is InChI=1S/C19H25N5O5S/c1-3-12(2)23-19(25)29-15-8-17(28-11-15)13-9-21-18(22-10-13)24-14-4-6-16(7-5-14)30(20,26)27/h4-7,9-10,12,15,17H,3,8,11H2,1-2H3,(H,23,25)(H2,20,26,27)(H,21,22,24)/t12-,15+,17+/m0/s1. The van der Waals surface area contributed by atoms with Gasteiger partial charge in [-0.2, -0.15) is 0 Å². The minimum atomic E-state index is -3.74. The van der Waals surface area contributed by atoms with Gasteiger partial charge in [-0.25, -0.2) is 28.3 Å². The highest BCUT2D eigenvalue weighted by molar-refractivity contribution is 7.89. The number of primary sulfonamides is 1. The van der Waals surface area contributed by atoms with E-state index in [9.17, 15) is 13.2 Å². The number of anilines is 2. The van der Waals surface area contributed by atoms with Crippen LogP contribution < -0.4 is 15.8 Å². The lowest BCUT2D eigenvalue weighted by molar-refractivity contribution is 0.0686. The van der Waals surface area contributed by atoms with Crippen molar-refractivity contribution < 1.29 is 22.7 Å². The summed E-state index contributed by atoms with van der Waals surface area (Å²) in [6.45, 7) is 4.21.